The van der Waals surface area contributed by atoms with Gasteiger partial charge < -0.3 is 15.1 Å². The van der Waals surface area contributed by atoms with Crippen molar-refractivity contribution in [2.45, 2.75) is 44.9 Å². The number of alkyl halides is 3. The summed E-state index contributed by atoms with van der Waals surface area (Å²) >= 11 is 0. The number of benzene rings is 2. The predicted octanol–water partition coefficient (Wildman–Crippen LogP) is 5.14. The van der Waals surface area contributed by atoms with Crippen LogP contribution in [0.5, 0.6) is 0 Å². The topological polar surface area (TPSA) is 97.0 Å². The lowest BCUT2D eigenvalue weighted by Crippen LogP contribution is -2.23. The first kappa shape index (κ1) is 22.9. The van der Waals surface area contributed by atoms with Gasteiger partial charge in [0.15, 0.2) is 11.4 Å². The summed E-state index contributed by atoms with van der Waals surface area (Å²) in [5, 5.41) is 6.20. The van der Waals surface area contributed by atoms with Gasteiger partial charge in [-0.15, -0.1) is 0 Å². The van der Waals surface area contributed by atoms with Crippen LogP contribution in [0.2, 0.25) is 0 Å². The maximum absolute atomic E-state index is 13.6. The number of halogens is 3. The molecule has 1 aliphatic rings. The van der Waals surface area contributed by atoms with Crippen molar-refractivity contribution in [3.8, 4) is 0 Å². The minimum atomic E-state index is -4.50. The summed E-state index contributed by atoms with van der Waals surface area (Å²) in [6.45, 7) is 3.59. The lowest BCUT2D eigenvalue weighted by Gasteiger charge is -2.18. The summed E-state index contributed by atoms with van der Waals surface area (Å²) in [4.78, 5) is 20.9. The van der Waals surface area contributed by atoms with E-state index in [1.165, 1.54) is 10.9 Å². The molecule has 0 spiro atoms. The van der Waals surface area contributed by atoms with Gasteiger partial charge in [-0.05, 0) is 62.6 Å². The summed E-state index contributed by atoms with van der Waals surface area (Å²) < 4.78 is 47.2. The lowest BCUT2D eigenvalue weighted by atomic mass is 10.0. The zero-order valence-electron chi connectivity index (χ0n) is 19.0. The van der Waals surface area contributed by atoms with Crippen molar-refractivity contribution in [2.24, 2.45) is 0 Å². The minimum Gasteiger partial charge on any atom is -0.406 e. The Morgan fingerprint density at radius 2 is 1.94 bits per heavy atom. The van der Waals surface area contributed by atoms with Crippen LogP contribution in [0.3, 0.4) is 0 Å². The molecule has 35 heavy (non-hydrogen) atoms. The van der Waals surface area contributed by atoms with Crippen LogP contribution in [0.25, 0.3) is 11.1 Å². The van der Waals surface area contributed by atoms with Crippen molar-refractivity contribution >= 4 is 28.6 Å². The van der Waals surface area contributed by atoms with Crippen molar-refractivity contribution in [2.75, 3.05) is 10.7 Å². The van der Waals surface area contributed by atoms with Gasteiger partial charge >= 0.3 is 11.9 Å². The number of anilines is 3. The van der Waals surface area contributed by atoms with Crippen molar-refractivity contribution in [3.05, 3.63) is 75.9 Å². The number of aryl methyl sites for hydroxylation is 1. The van der Waals surface area contributed by atoms with E-state index < -0.39 is 17.5 Å². The first-order valence-electron chi connectivity index (χ1n) is 11.1. The minimum absolute atomic E-state index is 0.0760. The molecule has 5 rings (SSSR count). The number of fused-ring (bicyclic) bond motifs is 1. The van der Waals surface area contributed by atoms with Gasteiger partial charge in [0.1, 0.15) is 5.52 Å². The number of hydrogen-bond acceptors (Lipinski definition) is 7. The van der Waals surface area contributed by atoms with E-state index in [1.807, 2.05) is 6.92 Å². The Balaban J connectivity index is 1.45. The van der Waals surface area contributed by atoms with Crippen LogP contribution < -0.4 is 21.8 Å². The normalized spacial score (nSPS) is 14.8. The molecule has 182 valence electrons. The highest BCUT2D eigenvalue weighted by molar-refractivity contribution is 5.73. The highest BCUT2D eigenvalue weighted by atomic mass is 19.4. The van der Waals surface area contributed by atoms with E-state index in [2.05, 4.69) is 26.0 Å². The molecule has 1 aliphatic carbocycles. The third kappa shape index (κ3) is 4.99. The Hall–Kier alpha value is -3.86. The lowest BCUT2D eigenvalue weighted by molar-refractivity contribution is -0.137. The van der Waals surface area contributed by atoms with E-state index in [9.17, 15) is 18.0 Å². The molecule has 1 saturated carbocycles. The molecule has 8 nitrogen and oxygen atoms in total. The SMILES string of the molecule is Cc1cnc(Nc2cc(C(C)NC3CC3)cc(C(F)(F)F)c2)nc1Nn1c(=O)oc2ccccc21. The molecule has 0 amide bonds. The molecule has 11 heteroatoms. The Labute approximate surface area is 198 Å². The largest absolute Gasteiger partial charge is 0.439 e. The fourth-order valence-corrected chi connectivity index (χ4v) is 3.76. The number of para-hydroxylation sites is 2. The van der Waals surface area contributed by atoms with E-state index in [1.54, 1.807) is 37.3 Å². The molecule has 1 unspecified atom stereocenters. The molecule has 3 N–H and O–H groups in total. The van der Waals surface area contributed by atoms with Crippen LogP contribution in [-0.4, -0.2) is 20.7 Å². The van der Waals surface area contributed by atoms with E-state index in [0.717, 1.165) is 25.0 Å². The second kappa shape index (κ2) is 8.73. The van der Waals surface area contributed by atoms with Gasteiger partial charge in [0, 0.05) is 29.5 Å². The molecular weight excluding hydrogens is 461 g/mol. The fourth-order valence-electron chi connectivity index (χ4n) is 3.76. The molecule has 2 heterocycles. The summed E-state index contributed by atoms with van der Waals surface area (Å²) in [5.74, 6) is -0.252. The quantitative estimate of drug-likeness (QED) is 0.334. The molecule has 4 aromatic rings. The molecule has 0 aliphatic heterocycles. The second-order valence-electron chi connectivity index (χ2n) is 8.64. The highest BCUT2D eigenvalue weighted by Gasteiger charge is 2.32. The smallest absolute Gasteiger partial charge is 0.406 e. The number of oxazole rings is 1. The van der Waals surface area contributed by atoms with Gasteiger partial charge in [-0.25, -0.2) is 9.78 Å². The zero-order chi connectivity index (χ0) is 24.7. The van der Waals surface area contributed by atoms with Crippen molar-refractivity contribution in [1.82, 2.24) is 20.0 Å². The first-order chi connectivity index (χ1) is 16.7. The van der Waals surface area contributed by atoms with Gasteiger partial charge in [-0.3, -0.25) is 5.43 Å². The third-order valence-electron chi connectivity index (χ3n) is 5.78. The third-order valence-corrected chi connectivity index (χ3v) is 5.78. The monoisotopic (exact) mass is 484 g/mol. The molecule has 0 bridgehead atoms. The van der Waals surface area contributed by atoms with Gasteiger partial charge in [0.2, 0.25) is 5.95 Å². The molecule has 2 aromatic heterocycles. The van der Waals surface area contributed by atoms with Crippen molar-refractivity contribution in [3.63, 3.8) is 0 Å². The maximum Gasteiger partial charge on any atom is 0.439 e. The van der Waals surface area contributed by atoms with Gasteiger partial charge in [-0.2, -0.15) is 22.8 Å². The molecule has 2 aromatic carbocycles. The van der Waals surface area contributed by atoms with Crippen molar-refractivity contribution < 1.29 is 17.6 Å². The standard InChI is InChI=1S/C24H23F3N6O2/c1-13-12-28-22(31-21(13)32-33-19-5-3-4-6-20(19)35-23(33)34)30-18-10-15(14(2)29-17-7-8-17)9-16(11-18)24(25,26)27/h3-6,9-12,14,17,29H,7-8H2,1-2H3,(H2,28,30,31,32). The Kier molecular flexibility index (Phi) is 5.72. The van der Waals surface area contributed by atoms with Crippen LogP contribution in [0, 0.1) is 6.92 Å². The van der Waals surface area contributed by atoms with Crippen LogP contribution in [0.15, 0.2) is 57.9 Å². The van der Waals surface area contributed by atoms with Gasteiger partial charge in [-0.1, -0.05) is 12.1 Å². The number of rotatable bonds is 7. The van der Waals surface area contributed by atoms with Crippen LogP contribution in [0.4, 0.5) is 30.6 Å². The fraction of sp³-hybridized carbons (Fsp3) is 0.292. The second-order valence-corrected chi connectivity index (χ2v) is 8.64. The summed E-state index contributed by atoms with van der Waals surface area (Å²) in [5.41, 5.74) is 4.42. The molecule has 1 atom stereocenters. The van der Waals surface area contributed by atoms with E-state index in [0.29, 0.717) is 34.1 Å². The van der Waals surface area contributed by atoms with E-state index in [-0.39, 0.29) is 17.7 Å². The summed E-state index contributed by atoms with van der Waals surface area (Å²) in [6.07, 6.45) is -0.945. The van der Waals surface area contributed by atoms with Crippen molar-refractivity contribution in [1.29, 1.82) is 0 Å². The van der Waals surface area contributed by atoms with Gasteiger partial charge in [0.25, 0.3) is 0 Å². The molecule has 0 radical (unpaired) electrons. The first-order valence-corrected chi connectivity index (χ1v) is 11.1. The number of aromatic nitrogens is 3. The average molecular weight is 484 g/mol. The average Bonchev–Trinajstić information content (AvgIpc) is 3.57. The predicted molar refractivity (Wildman–Crippen MR) is 126 cm³/mol. The Morgan fingerprint density at radius 1 is 1.17 bits per heavy atom. The number of hydrogen-bond donors (Lipinski definition) is 3. The Morgan fingerprint density at radius 3 is 2.69 bits per heavy atom. The van der Waals surface area contributed by atoms with Crippen LogP contribution >= 0.6 is 0 Å². The van der Waals surface area contributed by atoms with Crippen LogP contribution in [0.1, 0.15) is 42.5 Å². The summed E-state index contributed by atoms with van der Waals surface area (Å²) in [6, 6.07) is 10.8. The number of nitrogens with zero attached hydrogens (tertiary/aromatic N) is 3. The zero-order valence-corrected chi connectivity index (χ0v) is 19.0. The maximum atomic E-state index is 13.6. The summed E-state index contributed by atoms with van der Waals surface area (Å²) in [7, 11) is 0. The van der Waals surface area contributed by atoms with E-state index in [4.69, 9.17) is 4.42 Å². The van der Waals surface area contributed by atoms with Crippen LogP contribution in [-0.2, 0) is 6.18 Å². The molecular formula is C24H23F3N6O2. The molecule has 0 saturated heterocycles. The number of nitrogens with one attached hydrogen (secondary N) is 3. The highest BCUT2D eigenvalue weighted by Crippen LogP contribution is 2.35. The van der Waals surface area contributed by atoms with E-state index >= 15 is 0 Å². The van der Waals surface area contributed by atoms with Gasteiger partial charge in [0.05, 0.1) is 5.56 Å². The molecule has 1 fully saturated rings. The Bertz CT molecular complexity index is 1440.